The lowest BCUT2D eigenvalue weighted by Crippen LogP contribution is -2.64. The lowest BCUT2D eigenvalue weighted by Gasteiger charge is -2.57. The third-order valence-corrected chi connectivity index (χ3v) is 21.9. The molecule has 0 spiro atoms. The largest absolute Gasteiger partial charge is 0.478 e. The topological polar surface area (TPSA) is 79.3 Å². The molecule has 0 radical (unpaired) electrons. The first kappa shape index (κ1) is 51.5. The van der Waals surface area contributed by atoms with Crippen LogP contribution in [0.3, 0.4) is 0 Å². The second kappa shape index (κ2) is 19.6. The van der Waals surface area contributed by atoms with Crippen molar-refractivity contribution in [1.29, 1.82) is 0 Å². The van der Waals surface area contributed by atoms with Gasteiger partial charge in [0.2, 0.25) is 12.3 Å². The lowest BCUT2D eigenvalue weighted by atomic mass is 9.73. The Balaban J connectivity index is 1.36. The highest BCUT2D eigenvalue weighted by Gasteiger charge is 2.54. The Kier molecular flexibility index (Phi) is 14.4. The maximum Gasteiger partial charge on any atom is 0.429 e. The van der Waals surface area contributed by atoms with Crippen LogP contribution in [-0.2, 0) is 14.2 Å². The highest BCUT2D eigenvalue weighted by molar-refractivity contribution is 6.90. The van der Waals surface area contributed by atoms with Gasteiger partial charge in [0.15, 0.2) is 12.6 Å². The number of benzene rings is 2. The Morgan fingerprint density at radius 2 is 1.69 bits per heavy atom. The molecule has 4 atom stereocenters. The van der Waals surface area contributed by atoms with Gasteiger partial charge in [0, 0.05) is 59.2 Å². The molecular formula is C54H70F5N5O5Si. The molecule has 380 valence electrons. The minimum absolute atomic E-state index is 0.0142. The molecule has 2 aromatic rings. The molecule has 0 saturated carbocycles. The lowest BCUT2D eigenvalue weighted by molar-refractivity contribution is -0.0958. The smallest absolute Gasteiger partial charge is 0.429 e. The SMILES string of the molecule is COCOc1cc(C2=C(F)C=C(OC[C@]3(C)CN(C)CC[C@@H]3C(F)F)N3C4=NCN5C6=C4[C@@H](CCCC3=C2F)[C@H](CC6)N5C(=O)OC(C)(C)C)c2c(C#C[Si](C(C)C)(C(C)C)C(C)C)c(F)ccc2c1. The van der Waals surface area contributed by atoms with Crippen LogP contribution in [0.2, 0.25) is 16.6 Å². The van der Waals surface area contributed by atoms with Crippen molar-refractivity contribution in [2.75, 3.05) is 47.3 Å². The summed E-state index contributed by atoms with van der Waals surface area (Å²) >= 11 is 0. The fourth-order valence-electron chi connectivity index (χ4n) is 12.5. The summed E-state index contributed by atoms with van der Waals surface area (Å²) in [4.78, 5) is 22.5. The number of aliphatic imine (C=N–C) groups is 1. The normalized spacial score (nSPS) is 24.2. The highest BCUT2D eigenvalue weighted by Crippen LogP contribution is 2.52. The van der Waals surface area contributed by atoms with Crippen molar-refractivity contribution >= 4 is 36.3 Å². The number of halogens is 5. The first-order valence-electron chi connectivity index (χ1n) is 24.9. The number of methoxy groups -OCH3 is 1. The molecule has 7 aliphatic rings. The number of allylic oxidation sites excluding steroid dienone is 6. The number of alkyl halides is 2. The average Bonchev–Trinajstić information content (AvgIpc) is 3.36. The maximum absolute atomic E-state index is 18.7. The van der Waals surface area contributed by atoms with E-state index in [-0.39, 0.29) is 102 Å². The van der Waals surface area contributed by atoms with Crippen molar-refractivity contribution in [3.05, 3.63) is 81.8 Å². The molecule has 2 aromatic carbocycles. The quantitative estimate of drug-likeness (QED) is 0.0953. The summed E-state index contributed by atoms with van der Waals surface area (Å²) in [7, 11) is 0.882. The van der Waals surface area contributed by atoms with Crippen molar-refractivity contribution in [3.8, 4) is 17.2 Å². The maximum atomic E-state index is 18.7. The Morgan fingerprint density at radius 1 is 0.971 bits per heavy atom. The zero-order valence-electron chi connectivity index (χ0n) is 42.9. The first-order chi connectivity index (χ1) is 33.0. The van der Waals surface area contributed by atoms with Gasteiger partial charge in [-0.2, -0.15) is 0 Å². The number of hydrazine groups is 1. The summed E-state index contributed by atoms with van der Waals surface area (Å²) in [6.07, 6.45) is 0.553. The number of ether oxygens (including phenoxy) is 4. The number of amides is 1. The zero-order chi connectivity index (χ0) is 50.8. The van der Waals surface area contributed by atoms with Crippen LogP contribution < -0.4 is 4.74 Å². The number of carbonyl (C=O) groups excluding carboxylic acids is 1. The monoisotopic (exact) mass is 992 g/mol. The van der Waals surface area contributed by atoms with E-state index in [1.807, 2.05) is 37.7 Å². The Bertz CT molecular complexity index is 2600. The van der Waals surface area contributed by atoms with E-state index in [1.54, 1.807) is 29.0 Å². The average molecular weight is 992 g/mol. The number of rotatable bonds is 11. The molecule has 3 fully saturated rings. The molecular weight excluding hydrogens is 922 g/mol. The molecule has 10 nitrogen and oxygen atoms in total. The molecule has 1 amide bonds. The van der Waals surface area contributed by atoms with Crippen molar-refractivity contribution in [1.82, 2.24) is 19.8 Å². The molecule has 9 rings (SSSR count). The third kappa shape index (κ3) is 9.16. The summed E-state index contributed by atoms with van der Waals surface area (Å²) in [5, 5.41) is 4.18. The van der Waals surface area contributed by atoms with Gasteiger partial charge in [0.25, 0.3) is 0 Å². The van der Waals surface area contributed by atoms with E-state index in [1.165, 1.54) is 19.2 Å². The minimum atomic E-state index is -2.64. The second-order valence-corrected chi connectivity index (χ2v) is 27.8. The van der Waals surface area contributed by atoms with Gasteiger partial charge in [0.05, 0.1) is 29.5 Å². The molecule has 0 N–H and O–H groups in total. The number of amidine groups is 1. The van der Waals surface area contributed by atoms with Crippen LogP contribution in [0.15, 0.2) is 69.8 Å². The van der Waals surface area contributed by atoms with Crippen LogP contribution in [0.4, 0.5) is 26.7 Å². The third-order valence-electron chi connectivity index (χ3n) is 15.6. The molecule has 16 heteroatoms. The number of piperidine rings is 1. The van der Waals surface area contributed by atoms with Crippen LogP contribution in [0.1, 0.15) is 119 Å². The fraction of sp³-hybridized carbons (Fsp3) is 0.593. The molecule has 0 aromatic heterocycles. The van der Waals surface area contributed by atoms with Gasteiger partial charge in [-0.1, -0.05) is 60.5 Å². The van der Waals surface area contributed by atoms with Crippen molar-refractivity contribution in [2.45, 2.75) is 142 Å². The Morgan fingerprint density at radius 3 is 2.34 bits per heavy atom. The summed E-state index contributed by atoms with van der Waals surface area (Å²) in [6, 6.07) is 5.77. The van der Waals surface area contributed by atoms with Crippen molar-refractivity contribution in [2.24, 2.45) is 22.2 Å². The van der Waals surface area contributed by atoms with Crippen molar-refractivity contribution < 1.29 is 45.7 Å². The van der Waals surface area contributed by atoms with E-state index < -0.39 is 60.6 Å². The number of nitrogens with zero attached hydrogens (tertiary/aromatic N) is 5. The molecule has 6 aliphatic heterocycles. The molecule has 3 saturated heterocycles. The van der Waals surface area contributed by atoms with Gasteiger partial charge in [-0.25, -0.2) is 36.7 Å². The standard InChI is InChI=1S/C54H70F5N5O5Si/c1-31(2)70(32(3)4,33(5)6)23-21-36-40(55)17-16-34-24-35(68-30-66-12)25-38(46(34)36)47-41(56)26-45(67-28-54(10)27-61(11)22-20-39(54)50(58)59)63-44(49(47)57)15-13-14-37-42-18-19-43-48(37)51(63)60-29-62(43)64(42)52(65)69-53(7,8)9/h16-17,24-26,31-33,37,39,42,50H,13-15,18-20,22,27-30H2,1-12H3/t37-,39+,42-,54-/m0/s1. The summed E-state index contributed by atoms with van der Waals surface area (Å²) in [5.41, 5.74) is 3.75. The molecule has 6 heterocycles. The zero-order valence-corrected chi connectivity index (χ0v) is 43.9. The molecule has 0 unspecified atom stereocenters. The van der Waals surface area contributed by atoms with Crippen LogP contribution in [0, 0.1) is 34.5 Å². The van der Waals surface area contributed by atoms with Gasteiger partial charge in [0.1, 0.15) is 43.6 Å². The van der Waals surface area contributed by atoms with E-state index in [4.69, 9.17) is 23.9 Å². The highest BCUT2D eigenvalue weighted by atomic mass is 28.3. The van der Waals surface area contributed by atoms with Gasteiger partial charge >= 0.3 is 6.09 Å². The van der Waals surface area contributed by atoms with E-state index in [0.717, 1.165) is 17.3 Å². The molecule has 1 aliphatic carbocycles. The molecule has 70 heavy (non-hydrogen) atoms. The number of hydrogen-bond donors (Lipinski definition) is 0. The first-order valence-corrected chi connectivity index (χ1v) is 27.1. The van der Waals surface area contributed by atoms with Gasteiger partial charge < -0.3 is 23.8 Å². The number of fused-ring (bicyclic) bond motifs is 4. The fourth-order valence-corrected chi connectivity index (χ4v) is 17.8. The van der Waals surface area contributed by atoms with E-state index in [2.05, 4.69) is 53.0 Å². The predicted octanol–water partition coefficient (Wildman–Crippen LogP) is 12.8. The predicted molar refractivity (Wildman–Crippen MR) is 266 cm³/mol. The van der Waals surface area contributed by atoms with Gasteiger partial charge in [-0.05, 0) is 113 Å². The van der Waals surface area contributed by atoms with E-state index in [0.29, 0.717) is 43.4 Å². The van der Waals surface area contributed by atoms with Crippen LogP contribution >= 0.6 is 0 Å². The number of hydrogen-bond acceptors (Lipinski definition) is 9. The van der Waals surface area contributed by atoms with E-state index in [9.17, 15) is 13.6 Å². The summed E-state index contributed by atoms with van der Waals surface area (Å²) in [6.45, 7) is 20.5. The minimum Gasteiger partial charge on any atom is -0.478 e. The van der Waals surface area contributed by atoms with Crippen LogP contribution in [0.25, 0.3) is 16.3 Å². The summed E-state index contributed by atoms with van der Waals surface area (Å²) in [5.74, 6) is -0.0786. The van der Waals surface area contributed by atoms with Crippen LogP contribution in [-0.4, -0.2) is 105 Å². The van der Waals surface area contributed by atoms with Crippen LogP contribution in [0.5, 0.6) is 5.75 Å². The number of carbonyl (C=O) groups is 1. The van der Waals surface area contributed by atoms with Crippen molar-refractivity contribution in [3.63, 3.8) is 0 Å². The second-order valence-electron chi connectivity index (χ2n) is 22.2. The van der Waals surface area contributed by atoms with Gasteiger partial charge in [-0.3, -0.25) is 9.91 Å². The molecule has 4 bridgehead atoms. The Labute approximate surface area is 411 Å². The van der Waals surface area contributed by atoms with E-state index >= 15 is 13.2 Å². The number of likely N-dealkylation sites (tertiary alicyclic amines) is 1. The van der Waals surface area contributed by atoms with Gasteiger partial charge in [-0.15, -0.1) is 5.54 Å². The summed E-state index contributed by atoms with van der Waals surface area (Å²) < 4.78 is 107. The Hall–Kier alpha value is -4.85.